The van der Waals surface area contributed by atoms with E-state index in [2.05, 4.69) is 23.9 Å². The number of nitrogens with zero attached hydrogens (tertiary/aromatic N) is 2. The van der Waals surface area contributed by atoms with Gasteiger partial charge in [-0.25, -0.2) is 0 Å². The Morgan fingerprint density at radius 3 is 2.25 bits per heavy atom. The Morgan fingerprint density at radius 1 is 1.38 bits per heavy atom. The molecule has 0 spiro atoms. The van der Waals surface area contributed by atoms with E-state index >= 15 is 0 Å². The predicted octanol–water partition coefficient (Wildman–Crippen LogP) is 1.12. The van der Waals surface area contributed by atoms with Gasteiger partial charge in [0.05, 0.1) is 5.41 Å². The molecule has 0 amide bonds. The van der Waals surface area contributed by atoms with Crippen LogP contribution in [0.4, 0.5) is 0 Å². The lowest BCUT2D eigenvalue weighted by atomic mass is 9.91. The van der Waals surface area contributed by atoms with Gasteiger partial charge in [-0.15, -0.1) is 0 Å². The van der Waals surface area contributed by atoms with E-state index in [0.29, 0.717) is 12.6 Å². The van der Waals surface area contributed by atoms with Crippen molar-refractivity contribution in [1.82, 2.24) is 9.80 Å². The van der Waals surface area contributed by atoms with Gasteiger partial charge in [0.15, 0.2) is 0 Å². The highest BCUT2D eigenvalue weighted by atomic mass is 16.4. The molecule has 4 heteroatoms. The maximum Gasteiger partial charge on any atom is 0.310 e. The van der Waals surface area contributed by atoms with Crippen LogP contribution >= 0.6 is 0 Å². The number of rotatable bonds is 4. The summed E-state index contributed by atoms with van der Waals surface area (Å²) in [5.74, 6) is -0.706. The van der Waals surface area contributed by atoms with Crippen LogP contribution < -0.4 is 0 Å². The molecule has 0 atom stereocenters. The van der Waals surface area contributed by atoms with Crippen LogP contribution in [0.25, 0.3) is 0 Å². The summed E-state index contributed by atoms with van der Waals surface area (Å²) >= 11 is 0. The molecule has 1 N–H and O–H groups in total. The molecular weight excluding hydrogens is 204 g/mol. The standard InChI is InChI=1S/C12H24N2O2/c1-12(2,11(15)16)9-14-7-5-10(6-8-14)13(3)4/h10H,5-9H2,1-4H3,(H,15,16). The molecule has 0 bridgehead atoms. The van der Waals surface area contributed by atoms with E-state index in [0.717, 1.165) is 25.9 Å². The van der Waals surface area contributed by atoms with E-state index in [1.807, 2.05) is 0 Å². The molecule has 0 aromatic rings. The first-order valence-corrected chi connectivity index (χ1v) is 5.95. The number of hydrogen-bond acceptors (Lipinski definition) is 3. The summed E-state index contributed by atoms with van der Waals surface area (Å²) in [5, 5.41) is 9.08. The van der Waals surface area contributed by atoms with E-state index in [1.54, 1.807) is 13.8 Å². The minimum Gasteiger partial charge on any atom is -0.481 e. The van der Waals surface area contributed by atoms with Gasteiger partial charge in [0, 0.05) is 12.6 Å². The summed E-state index contributed by atoms with van der Waals surface area (Å²) in [4.78, 5) is 15.6. The molecule has 0 radical (unpaired) electrons. The summed E-state index contributed by atoms with van der Waals surface area (Å²) < 4.78 is 0. The van der Waals surface area contributed by atoms with Crippen molar-refractivity contribution in [2.75, 3.05) is 33.7 Å². The molecule has 1 heterocycles. The van der Waals surface area contributed by atoms with Crippen LogP contribution in [0.1, 0.15) is 26.7 Å². The average Bonchev–Trinajstić information content (AvgIpc) is 2.17. The van der Waals surface area contributed by atoms with Crippen LogP contribution in [0.2, 0.25) is 0 Å². The van der Waals surface area contributed by atoms with Gasteiger partial charge in [0.25, 0.3) is 0 Å². The second-order valence-corrected chi connectivity index (χ2v) is 5.66. The van der Waals surface area contributed by atoms with E-state index in [9.17, 15) is 4.79 Å². The Balaban J connectivity index is 2.40. The van der Waals surface area contributed by atoms with Crippen molar-refractivity contribution in [3.63, 3.8) is 0 Å². The zero-order chi connectivity index (χ0) is 12.3. The Morgan fingerprint density at radius 2 is 1.88 bits per heavy atom. The van der Waals surface area contributed by atoms with Crippen LogP contribution in [-0.4, -0.2) is 60.6 Å². The average molecular weight is 228 g/mol. The normalized spacial score (nSPS) is 20.3. The first kappa shape index (κ1) is 13.5. The first-order chi connectivity index (χ1) is 7.33. The molecule has 0 unspecified atom stereocenters. The lowest BCUT2D eigenvalue weighted by Gasteiger charge is -2.37. The molecule has 0 saturated carbocycles. The number of piperidine rings is 1. The van der Waals surface area contributed by atoms with Crippen LogP contribution in [0.5, 0.6) is 0 Å². The number of carboxylic acid groups (broad SMARTS) is 1. The predicted molar refractivity (Wildman–Crippen MR) is 64.6 cm³/mol. The number of carboxylic acids is 1. The zero-order valence-electron chi connectivity index (χ0n) is 10.9. The zero-order valence-corrected chi connectivity index (χ0v) is 10.9. The van der Waals surface area contributed by atoms with Crippen LogP contribution in [0.15, 0.2) is 0 Å². The van der Waals surface area contributed by atoms with Gasteiger partial charge in [-0.3, -0.25) is 4.79 Å². The minimum absolute atomic E-state index is 0.634. The van der Waals surface area contributed by atoms with Crippen LogP contribution in [0, 0.1) is 5.41 Å². The van der Waals surface area contributed by atoms with Gasteiger partial charge in [-0.05, 0) is 53.9 Å². The first-order valence-electron chi connectivity index (χ1n) is 5.95. The molecule has 0 aromatic carbocycles. The highest BCUT2D eigenvalue weighted by Gasteiger charge is 2.31. The summed E-state index contributed by atoms with van der Waals surface area (Å²) in [6, 6.07) is 0.657. The van der Waals surface area contributed by atoms with Crippen molar-refractivity contribution in [3.8, 4) is 0 Å². The molecule has 1 aliphatic rings. The van der Waals surface area contributed by atoms with Gasteiger partial charge < -0.3 is 14.9 Å². The molecular formula is C12H24N2O2. The van der Waals surface area contributed by atoms with Crippen molar-refractivity contribution < 1.29 is 9.90 Å². The fourth-order valence-electron chi connectivity index (χ4n) is 2.22. The van der Waals surface area contributed by atoms with E-state index in [4.69, 9.17) is 5.11 Å². The Hall–Kier alpha value is -0.610. The Bertz CT molecular complexity index is 243. The van der Waals surface area contributed by atoms with Crippen molar-refractivity contribution in [2.45, 2.75) is 32.7 Å². The summed E-state index contributed by atoms with van der Waals surface area (Å²) in [6.07, 6.45) is 2.28. The highest BCUT2D eigenvalue weighted by molar-refractivity contribution is 5.73. The maximum absolute atomic E-state index is 11.0. The topological polar surface area (TPSA) is 43.8 Å². The summed E-state index contributed by atoms with van der Waals surface area (Å²) in [7, 11) is 4.23. The fourth-order valence-corrected chi connectivity index (χ4v) is 2.22. The van der Waals surface area contributed by atoms with Crippen molar-refractivity contribution >= 4 is 5.97 Å². The molecule has 94 valence electrons. The number of carbonyl (C=O) groups is 1. The number of hydrogen-bond donors (Lipinski definition) is 1. The molecule has 4 nitrogen and oxygen atoms in total. The molecule has 16 heavy (non-hydrogen) atoms. The summed E-state index contributed by atoms with van der Waals surface area (Å²) in [6.45, 7) is 6.28. The fraction of sp³-hybridized carbons (Fsp3) is 0.917. The third-order valence-corrected chi connectivity index (χ3v) is 3.49. The highest BCUT2D eigenvalue weighted by Crippen LogP contribution is 2.21. The molecule has 1 aliphatic heterocycles. The maximum atomic E-state index is 11.0. The van der Waals surface area contributed by atoms with Crippen LogP contribution in [-0.2, 0) is 4.79 Å². The lowest BCUT2D eigenvalue weighted by Crippen LogP contribution is -2.46. The van der Waals surface area contributed by atoms with E-state index in [-0.39, 0.29) is 0 Å². The third-order valence-electron chi connectivity index (χ3n) is 3.49. The SMILES string of the molecule is CN(C)C1CCN(CC(C)(C)C(=O)O)CC1. The van der Waals surface area contributed by atoms with E-state index in [1.165, 1.54) is 0 Å². The lowest BCUT2D eigenvalue weighted by molar-refractivity contribution is -0.148. The van der Waals surface area contributed by atoms with Gasteiger partial charge in [-0.2, -0.15) is 0 Å². The monoisotopic (exact) mass is 228 g/mol. The second kappa shape index (κ2) is 5.15. The smallest absolute Gasteiger partial charge is 0.310 e. The second-order valence-electron chi connectivity index (χ2n) is 5.66. The summed E-state index contributed by atoms with van der Waals surface area (Å²) in [5.41, 5.74) is -0.634. The third kappa shape index (κ3) is 3.46. The van der Waals surface area contributed by atoms with Crippen LogP contribution in [0.3, 0.4) is 0 Å². The van der Waals surface area contributed by atoms with Gasteiger partial charge in [-0.1, -0.05) is 0 Å². The molecule has 1 fully saturated rings. The van der Waals surface area contributed by atoms with Gasteiger partial charge >= 0.3 is 5.97 Å². The Kier molecular flexibility index (Phi) is 4.33. The van der Waals surface area contributed by atoms with Gasteiger partial charge in [0.2, 0.25) is 0 Å². The van der Waals surface area contributed by atoms with Crippen molar-refractivity contribution in [3.05, 3.63) is 0 Å². The number of likely N-dealkylation sites (tertiary alicyclic amines) is 1. The quantitative estimate of drug-likeness (QED) is 0.783. The molecule has 0 aromatic heterocycles. The molecule has 1 saturated heterocycles. The molecule has 0 aliphatic carbocycles. The van der Waals surface area contributed by atoms with Crippen molar-refractivity contribution in [2.24, 2.45) is 5.41 Å². The largest absolute Gasteiger partial charge is 0.481 e. The molecule has 1 rings (SSSR count). The number of aliphatic carboxylic acids is 1. The Labute approximate surface area is 98.2 Å². The van der Waals surface area contributed by atoms with E-state index < -0.39 is 11.4 Å². The van der Waals surface area contributed by atoms with Crippen molar-refractivity contribution in [1.29, 1.82) is 0 Å². The van der Waals surface area contributed by atoms with Gasteiger partial charge in [0.1, 0.15) is 0 Å². The minimum atomic E-state index is -0.706.